The highest BCUT2D eigenvalue weighted by Crippen LogP contribution is 2.29. The summed E-state index contributed by atoms with van der Waals surface area (Å²) in [5, 5.41) is 21.5. The fourth-order valence-electron chi connectivity index (χ4n) is 2.85. The van der Waals surface area contributed by atoms with Gasteiger partial charge in [-0.1, -0.05) is 0 Å². The van der Waals surface area contributed by atoms with Crippen LogP contribution in [0.5, 0.6) is 0 Å². The van der Waals surface area contributed by atoms with Gasteiger partial charge in [0.05, 0.1) is 20.9 Å². The van der Waals surface area contributed by atoms with Gasteiger partial charge in [-0.25, -0.2) is 0 Å². The average Bonchev–Trinajstić information content (AvgIpc) is 3.21. The summed E-state index contributed by atoms with van der Waals surface area (Å²) in [7, 11) is 0. The van der Waals surface area contributed by atoms with Crippen LogP contribution >= 0.6 is 0 Å². The number of hydrogen-bond donors (Lipinski definition) is 2. The Morgan fingerprint density at radius 2 is 0.962 bits per heavy atom. The van der Waals surface area contributed by atoms with Crippen LogP contribution in [-0.2, 0) is 0 Å². The largest absolute Gasteiger partial charge is 0.353 e. The summed E-state index contributed by atoms with van der Waals surface area (Å²) < 4.78 is 0. The molecule has 0 unspecified atom stereocenters. The molecule has 8 nitrogen and oxygen atoms in total. The highest BCUT2D eigenvalue weighted by molar-refractivity contribution is 5.88. The second-order valence-electron chi connectivity index (χ2n) is 5.80. The van der Waals surface area contributed by atoms with Gasteiger partial charge in [-0.3, -0.25) is 20.2 Å². The number of hydrogen-bond acceptors (Lipinski definition) is 4. The maximum absolute atomic E-state index is 10.7. The Balaban J connectivity index is 1.64. The van der Waals surface area contributed by atoms with Crippen LogP contribution in [0.15, 0.2) is 60.7 Å². The SMILES string of the molecule is O=[N+]([O-])c1ccc(-c2cc3[nH]c(-c4ccc([N+](=O)[O-])cc4)cc3[nH]2)cc1. The average molecular weight is 348 g/mol. The molecule has 0 aliphatic carbocycles. The van der Waals surface area contributed by atoms with E-state index in [1.165, 1.54) is 24.3 Å². The van der Waals surface area contributed by atoms with Crippen molar-refractivity contribution in [1.29, 1.82) is 0 Å². The summed E-state index contributed by atoms with van der Waals surface area (Å²) in [5.74, 6) is 0. The van der Waals surface area contributed by atoms with E-state index in [0.717, 1.165) is 33.5 Å². The molecule has 0 aliphatic rings. The molecule has 0 spiro atoms. The summed E-state index contributed by atoms with van der Waals surface area (Å²) in [5.41, 5.74) is 5.23. The molecule has 0 amide bonds. The molecule has 2 N–H and O–H groups in total. The molecular formula is C18H12N4O4. The summed E-state index contributed by atoms with van der Waals surface area (Å²) in [6, 6.07) is 16.5. The fraction of sp³-hybridized carbons (Fsp3) is 0. The molecule has 0 saturated heterocycles. The van der Waals surface area contributed by atoms with Crippen LogP contribution in [0.3, 0.4) is 0 Å². The van der Waals surface area contributed by atoms with E-state index in [1.54, 1.807) is 24.3 Å². The van der Waals surface area contributed by atoms with Crippen LogP contribution in [-0.4, -0.2) is 19.8 Å². The smallest absolute Gasteiger partial charge is 0.269 e. The Morgan fingerprint density at radius 3 is 1.27 bits per heavy atom. The van der Waals surface area contributed by atoms with E-state index in [9.17, 15) is 20.2 Å². The first-order valence-corrected chi connectivity index (χ1v) is 7.72. The molecule has 4 rings (SSSR count). The fourth-order valence-corrected chi connectivity index (χ4v) is 2.85. The number of benzene rings is 2. The predicted octanol–water partition coefficient (Wildman–Crippen LogP) is 4.65. The van der Waals surface area contributed by atoms with Gasteiger partial charge in [-0.05, 0) is 47.5 Å². The van der Waals surface area contributed by atoms with Gasteiger partial charge in [0.2, 0.25) is 0 Å². The molecule has 26 heavy (non-hydrogen) atoms. The normalized spacial score (nSPS) is 10.9. The maximum Gasteiger partial charge on any atom is 0.269 e. The lowest BCUT2D eigenvalue weighted by Crippen LogP contribution is -1.87. The number of fused-ring (bicyclic) bond motifs is 1. The third-order valence-electron chi connectivity index (χ3n) is 4.18. The van der Waals surface area contributed by atoms with Gasteiger partial charge >= 0.3 is 0 Å². The number of nitro groups is 2. The molecule has 0 bridgehead atoms. The highest BCUT2D eigenvalue weighted by Gasteiger charge is 2.11. The van der Waals surface area contributed by atoms with Crippen LogP contribution in [0.2, 0.25) is 0 Å². The Bertz CT molecular complexity index is 1010. The molecular weight excluding hydrogens is 336 g/mol. The molecule has 0 fully saturated rings. The van der Waals surface area contributed by atoms with Gasteiger partial charge in [0.15, 0.2) is 0 Å². The minimum absolute atomic E-state index is 0.0475. The van der Waals surface area contributed by atoms with Crippen LogP contribution in [0.25, 0.3) is 33.5 Å². The van der Waals surface area contributed by atoms with Crippen molar-refractivity contribution < 1.29 is 9.85 Å². The van der Waals surface area contributed by atoms with Gasteiger partial charge in [0.25, 0.3) is 11.4 Å². The van der Waals surface area contributed by atoms with Crippen molar-refractivity contribution >= 4 is 22.4 Å². The predicted molar refractivity (Wildman–Crippen MR) is 96.8 cm³/mol. The topological polar surface area (TPSA) is 118 Å². The Hall–Kier alpha value is -3.94. The van der Waals surface area contributed by atoms with Crippen molar-refractivity contribution in [3.63, 3.8) is 0 Å². The summed E-state index contributed by atoms with van der Waals surface area (Å²) in [6.45, 7) is 0. The van der Waals surface area contributed by atoms with Gasteiger partial charge < -0.3 is 9.97 Å². The van der Waals surface area contributed by atoms with Crippen molar-refractivity contribution in [3.05, 3.63) is 80.9 Å². The van der Waals surface area contributed by atoms with Crippen molar-refractivity contribution in [2.24, 2.45) is 0 Å². The van der Waals surface area contributed by atoms with E-state index >= 15 is 0 Å². The van der Waals surface area contributed by atoms with Crippen LogP contribution in [0.1, 0.15) is 0 Å². The second kappa shape index (κ2) is 5.85. The van der Waals surface area contributed by atoms with E-state index in [0.29, 0.717) is 0 Å². The zero-order valence-electron chi connectivity index (χ0n) is 13.3. The molecule has 0 radical (unpaired) electrons. The number of nitrogens with zero attached hydrogens (tertiary/aromatic N) is 2. The van der Waals surface area contributed by atoms with E-state index < -0.39 is 9.85 Å². The molecule has 2 aromatic heterocycles. The quantitative estimate of drug-likeness (QED) is 0.412. The van der Waals surface area contributed by atoms with Gasteiger partial charge in [0.1, 0.15) is 0 Å². The monoisotopic (exact) mass is 348 g/mol. The van der Waals surface area contributed by atoms with E-state index in [4.69, 9.17) is 0 Å². The third kappa shape index (κ3) is 2.69. The number of non-ortho nitro benzene ring substituents is 2. The minimum atomic E-state index is -0.431. The number of aromatic amines is 2. The first kappa shape index (κ1) is 15.6. The Morgan fingerprint density at radius 1 is 0.615 bits per heavy atom. The molecule has 8 heteroatoms. The zero-order valence-corrected chi connectivity index (χ0v) is 13.3. The van der Waals surface area contributed by atoms with Gasteiger partial charge in [0, 0.05) is 35.7 Å². The molecule has 2 heterocycles. The first-order chi connectivity index (χ1) is 12.5. The summed E-state index contributed by atoms with van der Waals surface area (Å²) in [6.07, 6.45) is 0. The van der Waals surface area contributed by atoms with Crippen molar-refractivity contribution in [3.8, 4) is 22.5 Å². The lowest BCUT2D eigenvalue weighted by Gasteiger charge is -1.99. The summed E-state index contributed by atoms with van der Waals surface area (Å²) in [4.78, 5) is 27.1. The standard InChI is InChI=1S/C18H12N4O4/c23-21(24)13-5-1-11(2-6-13)15-9-17-18(19-15)10-16(20-17)12-3-7-14(8-4-12)22(25)26/h1-10,19-20H. The molecule has 2 aromatic carbocycles. The van der Waals surface area contributed by atoms with E-state index in [-0.39, 0.29) is 11.4 Å². The van der Waals surface area contributed by atoms with E-state index in [1.807, 2.05) is 12.1 Å². The lowest BCUT2D eigenvalue weighted by molar-refractivity contribution is -0.385. The molecule has 4 aromatic rings. The number of nitro benzene ring substituents is 2. The van der Waals surface area contributed by atoms with Crippen molar-refractivity contribution in [1.82, 2.24) is 9.97 Å². The zero-order chi connectivity index (χ0) is 18.3. The molecule has 128 valence electrons. The molecule has 0 saturated carbocycles. The number of rotatable bonds is 4. The number of aromatic nitrogens is 2. The van der Waals surface area contributed by atoms with Crippen molar-refractivity contribution in [2.75, 3.05) is 0 Å². The van der Waals surface area contributed by atoms with Crippen LogP contribution in [0.4, 0.5) is 11.4 Å². The Kier molecular flexibility index (Phi) is 3.51. The lowest BCUT2D eigenvalue weighted by atomic mass is 10.1. The first-order valence-electron chi connectivity index (χ1n) is 7.72. The van der Waals surface area contributed by atoms with Gasteiger partial charge in [-0.15, -0.1) is 0 Å². The maximum atomic E-state index is 10.7. The number of H-pyrrole nitrogens is 2. The third-order valence-corrected chi connectivity index (χ3v) is 4.18. The Labute approximate surface area is 146 Å². The van der Waals surface area contributed by atoms with E-state index in [2.05, 4.69) is 9.97 Å². The summed E-state index contributed by atoms with van der Waals surface area (Å²) >= 11 is 0. The van der Waals surface area contributed by atoms with Crippen LogP contribution in [0, 0.1) is 20.2 Å². The van der Waals surface area contributed by atoms with Gasteiger partial charge in [-0.2, -0.15) is 0 Å². The molecule has 0 aliphatic heterocycles. The van der Waals surface area contributed by atoms with Crippen LogP contribution < -0.4 is 0 Å². The highest BCUT2D eigenvalue weighted by atomic mass is 16.6. The van der Waals surface area contributed by atoms with Crippen molar-refractivity contribution in [2.45, 2.75) is 0 Å². The molecule has 0 atom stereocenters. The number of nitrogens with one attached hydrogen (secondary N) is 2. The second-order valence-corrected chi connectivity index (χ2v) is 5.80. The minimum Gasteiger partial charge on any atom is -0.353 e.